The van der Waals surface area contributed by atoms with Gasteiger partial charge in [-0.2, -0.15) is 0 Å². The van der Waals surface area contributed by atoms with Gasteiger partial charge in [0.1, 0.15) is 6.61 Å². The molecule has 6 heteroatoms. The summed E-state index contributed by atoms with van der Waals surface area (Å²) in [5.41, 5.74) is 2.32. The maximum atomic E-state index is 12.8. The number of aliphatic hydroxyl groups is 1. The third-order valence-electron chi connectivity index (χ3n) is 2.82. The van der Waals surface area contributed by atoms with E-state index in [9.17, 15) is 13.6 Å². The van der Waals surface area contributed by atoms with Crippen molar-refractivity contribution >= 4 is 11.6 Å². The number of amides is 1. The van der Waals surface area contributed by atoms with Gasteiger partial charge in [0.15, 0.2) is 0 Å². The molecule has 1 heterocycles. The van der Waals surface area contributed by atoms with E-state index in [2.05, 4.69) is 10.6 Å². The van der Waals surface area contributed by atoms with E-state index in [1.807, 2.05) is 6.07 Å². The second-order valence-electron chi connectivity index (χ2n) is 4.25. The van der Waals surface area contributed by atoms with Crippen LogP contribution in [-0.2, 0) is 6.42 Å². The number of alkyl halides is 2. The first-order valence-corrected chi connectivity index (χ1v) is 5.65. The molecule has 0 atom stereocenters. The molecule has 0 aliphatic carbocycles. The molecule has 18 heavy (non-hydrogen) atoms. The largest absolute Gasteiger partial charge is 0.390 e. The highest BCUT2D eigenvalue weighted by Crippen LogP contribution is 2.23. The van der Waals surface area contributed by atoms with Crippen molar-refractivity contribution in [1.29, 1.82) is 0 Å². The van der Waals surface area contributed by atoms with Crippen molar-refractivity contribution in [2.45, 2.75) is 12.3 Å². The van der Waals surface area contributed by atoms with Gasteiger partial charge in [0.2, 0.25) is 0 Å². The zero-order valence-corrected chi connectivity index (χ0v) is 9.67. The number of rotatable bonds is 4. The van der Waals surface area contributed by atoms with Gasteiger partial charge in [0.05, 0.1) is 6.54 Å². The lowest BCUT2D eigenvalue weighted by molar-refractivity contribution is -0.0462. The summed E-state index contributed by atoms with van der Waals surface area (Å²) >= 11 is 0. The minimum Gasteiger partial charge on any atom is -0.390 e. The van der Waals surface area contributed by atoms with Gasteiger partial charge in [-0.05, 0) is 24.1 Å². The summed E-state index contributed by atoms with van der Waals surface area (Å²) in [5.74, 6) is -3.86. The normalized spacial score (nSPS) is 13.9. The average molecular weight is 256 g/mol. The maximum absolute atomic E-state index is 12.8. The summed E-state index contributed by atoms with van der Waals surface area (Å²) in [6, 6.07) is 5.07. The van der Waals surface area contributed by atoms with Crippen LogP contribution in [0.3, 0.4) is 0 Å². The summed E-state index contributed by atoms with van der Waals surface area (Å²) in [7, 11) is 0. The van der Waals surface area contributed by atoms with Crippen LogP contribution < -0.4 is 10.6 Å². The van der Waals surface area contributed by atoms with Crippen LogP contribution in [0, 0.1) is 0 Å². The molecule has 0 fully saturated rings. The van der Waals surface area contributed by atoms with Crippen LogP contribution in [-0.4, -0.2) is 36.6 Å². The number of nitrogens with one attached hydrogen (secondary N) is 2. The van der Waals surface area contributed by atoms with E-state index < -0.39 is 25.0 Å². The lowest BCUT2D eigenvalue weighted by Crippen LogP contribution is -2.38. The number of anilines is 1. The highest BCUT2D eigenvalue weighted by molar-refractivity contribution is 5.95. The fourth-order valence-electron chi connectivity index (χ4n) is 1.80. The van der Waals surface area contributed by atoms with Gasteiger partial charge in [0, 0.05) is 17.8 Å². The molecule has 0 unspecified atom stereocenters. The number of fused-ring (bicyclic) bond motifs is 1. The number of halogens is 2. The van der Waals surface area contributed by atoms with Crippen LogP contribution >= 0.6 is 0 Å². The van der Waals surface area contributed by atoms with Crippen LogP contribution in [0.2, 0.25) is 0 Å². The van der Waals surface area contributed by atoms with Gasteiger partial charge in [-0.15, -0.1) is 0 Å². The van der Waals surface area contributed by atoms with Crippen molar-refractivity contribution in [2.24, 2.45) is 0 Å². The van der Waals surface area contributed by atoms with E-state index in [4.69, 9.17) is 5.11 Å². The molecule has 1 aliphatic rings. The highest BCUT2D eigenvalue weighted by atomic mass is 19.3. The SMILES string of the molecule is O=C(NCC(F)(F)CO)c1ccc2c(c1)NCC2. The first-order valence-electron chi connectivity index (χ1n) is 5.65. The van der Waals surface area contributed by atoms with Crippen LogP contribution in [0.15, 0.2) is 18.2 Å². The topological polar surface area (TPSA) is 61.4 Å². The molecule has 1 aliphatic heterocycles. The molecule has 0 saturated carbocycles. The predicted octanol–water partition coefficient (Wildman–Crippen LogP) is 1.01. The van der Waals surface area contributed by atoms with E-state index in [0.717, 1.165) is 24.2 Å². The Bertz CT molecular complexity index is 463. The zero-order valence-electron chi connectivity index (χ0n) is 9.67. The lowest BCUT2D eigenvalue weighted by atomic mass is 10.1. The molecule has 0 bridgehead atoms. The number of aliphatic hydroxyl groups excluding tert-OH is 1. The molecule has 2 rings (SSSR count). The second kappa shape index (κ2) is 4.89. The van der Waals surface area contributed by atoms with Crippen molar-refractivity contribution in [3.05, 3.63) is 29.3 Å². The van der Waals surface area contributed by atoms with Crippen LogP contribution in [0.1, 0.15) is 15.9 Å². The number of carbonyl (C=O) groups excluding carboxylic acids is 1. The maximum Gasteiger partial charge on any atom is 0.287 e. The number of carbonyl (C=O) groups is 1. The van der Waals surface area contributed by atoms with Crippen molar-refractivity contribution in [3.63, 3.8) is 0 Å². The summed E-state index contributed by atoms with van der Waals surface area (Å²) in [5, 5.41) is 13.6. The Labute approximate surface area is 103 Å². The molecule has 4 nitrogen and oxygen atoms in total. The quantitative estimate of drug-likeness (QED) is 0.753. The average Bonchev–Trinajstić information content (AvgIpc) is 2.83. The summed E-state index contributed by atoms with van der Waals surface area (Å²) in [4.78, 5) is 11.7. The summed E-state index contributed by atoms with van der Waals surface area (Å²) in [6.45, 7) is -1.32. The minimum atomic E-state index is -3.29. The minimum absolute atomic E-state index is 0.330. The Balaban J connectivity index is 2.01. The molecule has 0 radical (unpaired) electrons. The third kappa shape index (κ3) is 2.76. The fraction of sp³-hybridized carbons (Fsp3) is 0.417. The molecule has 0 saturated heterocycles. The van der Waals surface area contributed by atoms with E-state index >= 15 is 0 Å². The molecule has 1 aromatic rings. The van der Waals surface area contributed by atoms with Gasteiger partial charge in [0.25, 0.3) is 11.8 Å². The molecular formula is C12H14F2N2O2. The zero-order chi connectivity index (χ0) is 13.2. The Hall–Kier alpha value is -1.69. The van der Waals surface area contributed by atoms with E-state index in [0.29, 0.717) is 5.56 Å². The monoisotopic (exact) mass is 256 g/mol. The fourth-order valence-corrected chi connectivity index (χ4v) is 1.80. The summed E-state index contributed by atoms with van der Waals surface area (Å²) in [6.07, 6.45) is 0.903. The smallest absolute Gasteiger partial charge is 0.287 e. The standard InChI is InChI=1S/C12H14F2N2O2/c13-12(14,7-17)6-16-11(18)9-2-1-8-3-4-15-10(8)5-9/h1-2,5,15,17H,3-4,6-7H2,(H,16,18). The van der Waals surface area contributed by atoms with Crippen LogP contribution in [0.4, 0.5) is 14.5 Å². The van der Waals surface area contributed by atoms with E-state index in [1.54, 1.807) is 12.1 Å². The second-order valence-corrected chi connectivity index (χ2v) is 4.25. The van der Waals surface area contributed by atoms with Crippen molar-refractivity contribution in [2.75, 3.05) is 25.0 Å². The third-order valence-corrected chi connectivity index (χ3v) is 2.82. The molecule has 1 amide bonds. The Morgan fingerprint density at radius 1 is 1.50 bits per heavy atom. The Morgan fingerprint density at radius 3 is 3.00 bits per heavy atom. The number of benzene rings is 1. The highest BCUT2D eigenvalue weighted by Gasteiger charge is 2.28. The van der Waals surface area contributed by atoms with Gasteiger partial charge in [-0.25, -0.2) is 8.78 Å². The van der Waals surface area contributed by atoms with Crippen molar-refractivity contribution < 1.29 is 18.7 Å². The molecular weight excluding hydrogens is 242 g/mol. The van der Waals surface area contributed by atoms with E-state index in [1.165, 1.54) is 0 Å². The molecule has 0 spiro atoms. The predicted molar refractivity (Wildman–Crippen MR) is 63.0 cm³/mol. The first-order chi connectivity index (χ1) is 8.52. The van der Waals surface area contributed by atoms with E-state index in [-0.39, 0.29) is 0 Å². The van der Waals surface area contributed by atoms with Gasteiger partial charge in [-0.1, -0.05) is 6.07 Å². The first kappa shape index (κ1) is 12.8. The van der Waals surface area contributed by atoms with Gasteiger partial charge >= 0.3 is 0 Å². The molecule has 98 valence electrons. The van der Waals surface area contributed by atoms with Crippen molar-refractivity contribution in [1.82, 2.24) is 5.32 Å². The Kier molecular flexibility index (Phi) is 3.47. The Morgan fingerprint density at radius 2 is 2.28 bits per heavy atom. The molecule has 1 aromatic carbocycles. The van der Waals surface area contributed by atoms with Crippen molar-refractivity contribution in [3.8, 4) is 0 Å². The van der Waals surface area contributed by atoms with Crippen LogP contribution in [0.5, 0.6) is 0 Å². The van der Waals surface area contributed by atoms with Gasteiger partial charge in [-0.3, -0.25) is 4.79 Å². The molecule has 0 aromatic heterocycles. The lowest BCUT2D eigenvalue weighted by Gasteiger charge is -2.14. The van der Waals surface area contributed by atoms with Gasteiger partial charge < -0.3 is 15.7 Å². The number of hydrogen-bond acceptors (Lipinski definition) is 3. The number of hydrogen-bond donors (Lipinski definition) is 3. The van der Waals surface area contributed by atoms with Crippen LogP contribution in [0.25, 0.3) is 0 Å². The molecule has 3 N–H and O–H groups in total. The summed E-state index contributed by atoms with van der Waals surface area (Å²) < 4.78 is 25.5.